The van der Waals surface area contributed by atoms with Gasteiger partial charge in [0.15, 0.2) is 5.78 Å². The second-order valence-corrected chi connectivity index (χ2v) is 6.38. The van der Waals surface area contributed by atoms with Crippen molar-refractivity contribution in [1.29, 1.82) is 0 Å². The van der Waals surface area contributed by atoms with E-state index < -0.39 is 0 Å². The third kappa shape index (κ3) is 7.63. The van der Waals surface area contributed by atoms with Crippen molar-refractivity contribution in [3.63, 3.8) is 0 Å². The molecule has 0 aliphatic heterocycles. The van der Waals surface area contributed by atoms with Gasteiger partial charge in [-0.05, 0) is 18.6 Å². The van der Waals surface area contributed by atoms with E-state index >= 15 is 0 Å². The van der Waals surface area contributed by atoms with Crippen LogP contribution in [0.4, 0.5) is 0 Å². The van der Waals surface area contributed by atoms with Gasteiger partial charge in [0.1, 0.15) is 12.4 Å². The fourth-order valence-corrected chi connectivity index (χ4v) is 3.19. The van der Waals surface area contributed by atoms with Crippen molar-refractivity contribution in [2.45, 2.75) is 12.8 Å². The molecule has 0 aromatic heterocycles. The lowest BCUT2D eigenvalue weighted by Gasteiger charge is -2.04. The van der Waals surface area contributed by atoms with Crippen LogP contribution in [-0.2, 0) is 4.79 Å². The second kappa shape index (κ2) is 10.3. The molecule has 0 bridgehead atoms. The number of para-hydroxylation sites is 1. The molecule has 0 saturated carbocycles. The molecule has 2 N–H and O–H groups in total. The molecule has 0 saturated heterocycles. The Balaban J connectivity index is 2.01. The standard InChI is InChI=1S/C13H19NO2S2/c14-8-10-18-17-9-4-5-12(15)11-16-13-6-2-1-3-7-13/h1-3,6-7H,4-5,8-11,14H2. The smallest absolute Gasteiger partial charge is 0.170 e. The number of carbonyl (C=O) groups is 1. The Bertz CT molecular complexity index is 333. The van der Waals surface area contributed by atoms with Crippen LogP contribution in [-0.4, -0.2) is 30.4 Å². The molecule has 18 heavy (non-hydrogen) atoms. The number of ether oxygens (including phenoxy) is 1. The maximum Gasteiger partial charge on any atom is 0.170 e. The fourth-order valence-electron chi connectivity index (χ4n) is 1.25. The molecule has 0 atom stereocenters. The number of Topliss-reactive ketones (excluding diaryl/α,β-unsaturated/α-hetero) is 1. The minimum absolute atomic E-state index is 0.156. The summed E-state index contributed by atoms with van der Waals surface area (Å²) in [5.74, 6) is 2.86. The van der Waals surface area contributed by atoms with Crippen LogP contribution in [0.2, 0.25) is 0 Å². The minimum Gasteiger partial charge on any atom is -0.486 e. The van der Waals surface area contributed by atoms with Crippen molar-refractivity contribution in [3.8, 4) is 5.75 Å². The van der Waals surface area contributed by atoms with Crippen LogP contribution < -0.4 is 10.5 Å². The van der Waals surface area contributed by atoms with E-state index in [2.05, 4.69) is 0 Å². The highest BCUT2D eigenvalue weighted by Gasteiger charge is 2.03. The predicted octanol–water partition coefficient (Wildman–Crippen LogP) is 2.75. The maximum absolute atomic E-state index is 11.5. The Kier molecular flexibility index (Phi) is 8.81. The van der Waals surface area contributed by atoms with E-state index in [1.807, 2.05) is 30.3 Å². The highest BCUT2D eigenvalue weighted by atomic mass is 33.1. The number of hydrogen-bond acceptors (Lipinski definition) is 5. The van der Waals surface area contributed by atoms with Gasteiger partial charge in [-0.2, -0.15) is 0 Å². The summed E-state index contributed by atoms with van der Waals surface area (Å²) in [6.07, 6.45) is 1.49. The van der Waals surface area contributed by atoms with Gasteiger partial charge in [0.2, 0.25) is 0 Å². The first-order valence-corrected chi connectivity index (χ1v) is 8.46. The van der Waals surface area contributed by atoms with Gasteiger partial charge in [-0.15, -0.1) is 0 Å². The summed E-state index contributed by atoms with van der Waals surface area (Å²) in [6.45, 7) is 0.881. The first-order valence-electron chi connectivity index (χ1n) is 5.97. The number of nitrogens with two attached hydrogens (primary N) is 1. The minimum atomic E-state index is 0.156. The SMILES string of the molecule is NCCSSCCCC(=O)COc1ccccc1. The van der Waals surface area contributed by atoms with Gasteiger partial charge in [0, 0.05) is 24.5 Å². The van der Waals surface area contributed by atoms with Crippen LogP contribution in [0.1, 0.15) is 12.8 Å². The van der Waals surface area contributed by atoms with Crippen molar-refractivity contribution in [2.75, 3.05) is 24.7 Å². The summed E-state index contributed by atoms with van der Waals surface area (Å²) >= 11 is 0. The van der Waals surface area contributed by atoms with Gasteiger partial charge in [-0.3, -0.25) is 4.79 Å². The summed E-state index contributed by atoms with van der Waals surface area (Å²) in [7, 11) is 3.54. The third-order valence-electron chi connectivity index (χ3n) is 2.11. The normalized spacial score (nSPS) is 10.3. The summed E-state index contributed by atoms with van der Waals surface area (Å²) < 4.78 is 5.39. The summed E-state index contributed by atoms with van der Waals surface area (Å²) in [5, 5.41) is 0. The average molecular weight is 285 g/mol. The van der Waals surface area contributed by atoms with Crippen molar-refractivity contribution >= 4 is 27.4 Å². The van der Waals surface area contributed by atoms with Gasteiger partial charge in [-0.25, -0.2) is 0 Å². The van der Waals surface area contributed by atoms with Gasteiger partial charge in [0.25, 0.3) is 0 Å². The molecule has 1 aromatic rings. The van der Waals surface area contributed by atoms with Crippen molar-refractivity contribution in [3.05, 3.63) is 30.3 Å². The van der Waals surface area contributed by atoms with Gasteiger partial charge in [-0.1, -0.05) is 39.8 Å². The number of rotatable bonds is 10. The van der Waals surface area contributed by atoms with E-state index in [0.717, 1.165) is 23.7 Å². The van der Waals surface area contributed by atoms with Crippen LogP contribution in [0.15, 0.2) is 30.3 Å². The lowest BCUT2D eigenvalue weighted by molar-refractivity contribution is -0.121. The zero-order valence-electron chi connectivity index (χ0n) is 10.3. The molecular formula is C13H19NO2S2. The lowest BCUT2D eigenvalue weighted by atomic mass is 10.2. The van der Waals surface area contributed by atoms with Gasteiger partial charge < -0.3 is 10.5 Å². The van der Waals surface area contributed by atoms with E-state index in [-0.39, 0.29) is 12.4 Å². The topological polar surface area (TPSA) is 52.3 Å². The van der Waals surface area contributed by atoms with Crippen LogP contribution in [0.3, 0.4) is 0 Å². The van der Waals surface area contributed by atoms with Crippen LogP contribution in [0.5, 0.6) is 5.75 Å². The Morgan fingerprint density at radius 3 is 2.61 bits per heavy atom. The monoisotopic (exact) mass is 285 g/mol. The van der Waals surface area contributed by atoms with E-state index in [9.17, 15) is 4.79 Å². The first-order chi connectivity index (χ1) is 8.83. The summed E-state index contributed by atoms with van der Waals surface area (Å²) in [5.41, 5.74) is 5.38. The van der Waals surface area contributed by atoms with E-state index in [1.54, 1.807) is 21.6 Å². The molecule has 5 heteroatoms. The zero-order valence-corrected chi connectivity index (χ0v) is 12.0. The van der Waals surface area contributed by atoms with Crippen molar-refractivity contribution in [1.82, 2.24) is 0 Å². The molecular weight excluding hydrogens is 266 g/mol. The molecule has 0 fully saturated rings. The van der Waals surface area contributed by atoms with E-state index in [1.165, 1.54) is 0 Å². The number of carbonyl (C=O) groups excluding carboxylic acids is 1. The van der Waals surface area contributed by atoms with Crippen molar-refractivity contribution < 1.29 is 9.53 Å². The fraction of sp³-hybridized carbons (Fsp3) is 0.462. The largest absolute Gasteiger partial charge is 0.486 e. The van der Waals surface area contributed by atoms with Crippen LogP contribution in [0.25, 0.3) is 0 Å². The Morgan fingerprint density at radius 2 is 1.89 bits per heavy atom. The molecule has 1 aromatic carbocycles. The molecule has 0 aliphatic carbocycles. The molecule has 0 radical (unpaired) electrons. The quantitative estimate of drug-likeness (QED) is 0.529. The number of ketones is 1. The lowest BCUT2D eigenvalue weighted by Crippen LogP contribution is -2.11. The zero-order chi connectivity index (χ0) is 13.1. The summed E-state index contributed by atoms with van der Waals surface area (Å²) in [6, 6.07) is 9.42. The Hall–Kier alpha value is -0.650. The van der Waals surface area contributed by atoms with Crippen molar-refractivity contribution in [2.24, 2.45) is 5.73 Å². The molecule has 100 valence electrons. The third-order valence-corrected chi connectivity index (χ3v) is 4.64. The molecule has 3 nitrogen and oxygen atoms in total. The second-order valence-electron chi connectivity index (χ2n) is 3.68. The molecule has 0 spiro atoms. The predicted molar refractivity (Wildman–Crippen MR) is 80.1 cm³/mol. The summed E-state index contributed by atoms with van der Waals surface area (Å²) in [4.78, 5) is 11.5. The van der Waals surface area contributed by atoms with E-state index in [0.29, 0.717) is 13.0 Å². The Labute approximate surface area is 116 Å². The van der Waals surface area contributed by atoms with Crippen LogP contribution >= 0.6 is 21.6 Å². The molecule has 0 unspecified atom stereocenters. The molecule has 0 heterocycles. The molecule has 0 amide bonds. The number of hydrogen-bond donors (Lipinski definition) is 1. The Morgan fingerprint density at radius 1 is 1.17 bits per heavy atom. The van der Waals surface area contributed by atoms with Crippen LogP contribution in [0, 0.1) is 0 Å². The first kappa shape index (κ1) is 15.4. The molecule has 0 aliphatic rings. The van der Waals surface area contributed by atoms with Gasteiger partial charge in [0.05, 0.1) is 0 Å². The average Bonchev–Trinajstić information content (AvgIpc) is 2.41. The highest BCUT2D eigenvalue weighted by Crippen LogP contribution is 2.21. The molecule has 1 rings (SSSR count). The highest BCUT2D eigenvalue weighted by molar-refractivity contribution is 8.76. The number of benzene rings is 1. The van der Waals surface area contributed by atoms with Gasteiger partial charge >= 0.3 is 0 Å². The maximum atomic E-state index is 11.5. The van der Waals surface area contributed by atoms with E-state index in [4.69, 9.17) is 10.5 Å².